The lowest BCUT2D eigenvalue weighted by Gasteiger charge is -2.35. The van der Waals surface area contributed by atoms with Gasteiger partial charge < -0.3 is 14.7 Å². The van der Waals surface area contributed by atoms with Gasteiger partial charge in [0.1, 0.15) is 5.75 Å². The SMILES string of the molecule is COc1ccc(C(=O)N(C)[C@H]2CCCC[C@H]2O)cc1C. The zero-order valence-corrected chi connectivity index (χ0v) is 12.4. The number of aryl methyl sites for hydroxylation is 1. The summed E-state index contributed by atoms with van der Waals surface area (Å²) in [5.41, 5.74) is 1.58. The summed E-state index contributed by atoms with van der Waals surface area (Å²) in [6.07, 6.45) is 3.36. The Hall–Kier alpha value is -1.55. The Morgan fingerprint density at radius 3 is 2.65 bits per heavy atom. The van der Waals surface area contributed by atoms with Gasteiger partial charge in [-0.25, -0.2) is 0 Å². The fourth-order valence-electron chi connectivity index (χ4n) is 2.91. The molecule has 1 N–H and O–H groups in total. The van der Waals surface area contributed by atoms with Crippen LogP contribution in [-0.4, -0.2) is 42.2 Å². The number of ether oxygens (including phenoxy) is 1. The smallest absolute Gasteiger partial charge is 0.253 e. The summed E-state index contributed by atoms with van der Waals surface area (Å²) in [7, 11) is 3.40. The number of aliphatic hydroxyl groups is 1. The molecular formula is C16H23NO3. The van der Waals surface area contributed by atoms with E-state index in [1.165, 1.54) is 0 Å². The van der Waals surface area contributed by atoms with Crippen molar-refractivity contribution < 1.29 is 14.6 Å². The zero-order valence-electron chi connectivity index (χ0n) is 12.4. The summed E-state index contributed by atoms with van der Waals surface area (Å²) in [6.45, 7) is 1.92. The molecule has 0 heterocycles. The van der Waals surface area contributed by atoms with E-state index in [0.29, 0.717) is 5.56 Å². The van der Waals surface area contributed by atoms with E-state index in [0.717, 1.165) is 37.0 Å². The van der Waals surface area contributed by atoms with Crippen LogP contribution in [0.3, 0.4) is 0 Å². The number of carbonyl (C=O) groups excluding carboxylic acids is 1. The minimum absolute atomic E-state index is 0.0401. The van der Waals surface area contributed by atoms with Gasteiger partial charge in [-0.2, -0.15) is 0 Å². The molecule has 1 aromatic rings. The third kappa shape index (κ3) is 2.96. The molecule has 1 aliphatic rings. The van der Waals surface area contributed by atoms with Crippen molar-refractivity contribution in [1.29, 1.82) is 0 Å². The van der Waals surface area contributed by atoms with Gasteiger partial charge in [0.15, 0.2) is 0 Å². The molecule has 0 spiro atoms. The second-order valence-corrected chi connectivity index (χ2v) is 5.52. The monoisotopic (exact) mass is 277 g/mol. The second-order valence-electron chi connectivity index (χ2n) is 5.52. The van der Waals surface area contributed by atoms with Crippen LogP contribution < -0.4 is 4.74 Å². The van der Waals surface area contributed by atoms with Crippen molar-refractivity contribution in [2.45, 2.75) is 44.8 Å². The van der Waals surface area contributed by atoms with Crippen molar-refractivity contribution in [3.05, 3.63) is 29.3 Å². The van der Waals surface area contributed by atoms with Gasteiger partial charge in [0.2, 0.25) is 0 Å². The van der Waals surface area contributed by atoms with E-state index in [4.69, 9.17) is 4.74 Å². The quantitative estimate of drug-likeness (QED) is 0.923. The normalized spacial score (nSPS) is 22.4. The Balaban J connectivity index is 2.15. The van der Waals surface area contributed by atoms with E-state index < -0.39 is 6.10 Å². The van der Waals surface area contributed by atoms with Crippen molar-refractivity contribution in [3.63, 3.8) is 0 Å². The molecule has 4 heteroatoms. The van der Waals surface area contributed by atoms with Crippen molar-refractivity contribution in [2.75, 3.05) is 14.2 Å². The fraction of sp³-hybridized carbons (Fsp3) is 0.562. The summed E-state index contributed by atoms with van der Waals surface area (Å²) in [6, 6.07) is 5.36. The Morgan fingerprint density at radius 1 is 1.35 bits per heavy atom. The molecule has 2 rings (SSSR count). The Bertz CT molecular complexity index is 487. The minimum Gasteiger partial charge on any atom is -0.496 e. The van der Waals surface area contributed by atoms with E-state index >= 15 is 0 Å². The van der Waals surface area contributed by atoms with Gasteiger partial charge in [0.05, 0.1) is 19.3 Å². The molecule has 0 aromatic heterocycles. The highest BCUT2D eigenvalue weighted by Crippen LogP contribution is 2.25. The van der Waals surface area contributed by atoms with Crippen LogP contribution in [0.2, 0.25) is 0 Å². The first-order valence-corrected chi connectivity index (χ1v) is 7.14. The van der Waals surface area contributed by atoms with E-state index in [-0.39, 0.29) is 11.9 Å². The summed E-state index contributed by atoms with van der Waals surface area (Å²) < 4.78 is 5.21. The summed E-state index contributed by atoms with van der Waals surface area (Å²) in [5, 5.41) is 10.1. The van der Waals surface area contributed by atoms with Gasteiger partial charge in [-0.1, -0.05) is 12.8 Å². The summed E-state index contributed by atoms with van der Waals surface area (Å²) in [5.74, 6) is 0.739. The number of methoxy groups -OCH3 is 1. The van der Waals surface area contributed by atoms with Crippen molar-refractivity contribution in [1.82, 2.24) is 4.90 Å². The largest absolute Gasteiger partial charge is 0.496 e. The topological polar surface area (TPSA) is 49.8 Å². The average molecular weight is 277 g/mol. The predicted molar refractivity (Wildman–Crippen MR) is 78.1 cm³/mol. The highest BCUT2D eigenvalue weighted by molar-refractivity contribution is 5.94. The number of likely N-dealkylation sites (N-methyl/N-ethyl adjacent to an activating group) is 1. The van der Waals surface area contributed by atoms with Crippen LogP contribution >= 0.6 is 0 Å². The molecule has 0 saturated heterocycles. The molecule has 0 bridgehead atoms. The highest BCUT2D eigenvalue weighted by Gasteiger charge is 2.29. The Labute approximate surface area is 120 Å². The summed E-state index contributed by atoms with van der Waals surface area (Å²) >= 11 is 0. The van der Waals surface area contributed by atoms with E-state index in [1.54, 1.807) is 25.1 Å². The molecule has 0 unspecified atom stereocenters. The third-order valence-corrected chi connectivity index (χ3v) is 4.15. The molecule has 110 valence electrons. The van der Waals surface area contributed by atoms with E-state index in [9.17, 15) is 9.90 Å². The first-order valence-electron chi connectivity index (χ1n) is 7.14. The van der Waals surface area contributed by atoms with Crippen LogP contribution in [0.4, 0.5) is 0 Å². The molecule has 4 nitrogen and oxygen atoms in total. The maximum Gasteiger partial charge on any atom is 0.253 e. The van der Waals surface area contributed by atoms with E-state index in [1.807, 2.05) is 19.1 Å². The van der Waals surface area contributed by atoms with Crippen LogP contribution in [0.1, 0.15) is 41.6 Å². The Morgan fingerprint density at radius 2 is 2.05 bits per heavy atom. The Kier molecular flexibility index (Phi) is 4.65. The molecule has 1 amide bonds. The first-order chi connectivity index (χ1) is 9.54. The van der Waals surface area contributed by atoms with Gasteiger partial charge in [-0.15, -0.1) is 0 Å². The maximum atomic E-state index is 12.5. The van der Waals surface area contributed by atoms with Gasteiger partial charge in [-0.05, 0) is 43.5 Å². The lowest BCUT2D eigenvalue weighted by Crippen LogP contribution is -2.46. The average Bonchev–Trinajstić information content (AvgIpc) is 2.46. The number of hydrogen-bond donors (Lipinski definition) is 1. The van der Waals surface area contributed by atoms with E-state index in [2.05, 4.69) is 0 Å². The molecule has 0 aliphatic heterocycles. The van der Waals surface area contributed by atoms with Gasteiger partial charge in [0, 0.05) is 12.6 Å². The lowest BCUT2D eigenvalue weighted by atomic mass is 9.91. The number of nitrogens with zero attached hydrogens (tertiary/aromatic N) is 1. The second kappa shape index (κ2) is 6.27. The van der Waals surface area contributed by atoms with Crippen LogP contribution in [0.5, 0.6) is 5.75 Å². The number of aliphatic hydroxyl groups excluding tert-OH is 1. The molecule has 1 aromatic carbocycles. The fourth-order valence-corrected chi connectivity index (χ4v) is 2.91. The molecule has 0 radical (unpaired) electrons. The molecule has 1 fully saturated rings. The number of rotatable bonds is 3. The van der Waals surface area contributed by atoms with Crippen molar-refractivity contribution >= 4 is 5.91 Å². The van der Waals surface area contributed by atoms with Gasteiger partial charge >= 0.3 is 0 Å². The molecule has 2 atom stereocenters. The van der Waals surface area contributed by atoms with Gasteiger partial charge in [-0.3, -0.25) is 4.79 Å². The van der Waals surface area contributed by atoms with Crippen molar-refractivity contribution in [3.8, 4) is 5.75 Å². The van der Waals surface area contributed by atoms with Gasteiger partial charge in [0.25, 0.3) is 5.91 Å². The molecule has 20 heavy (non-hydrogen) atoms. The molecular weight excluding hydrogens is 254 g/mol. The van der Waals surface area contributed by atoms with Crippen LogP contribution in [0, 0.1) is 6.92 Å². The number of carbonyl (C=O) groups is 1. The summed E-state index contributed by atoms with van der Waals surface area (Å²) in [4.78, 5) is 14.2. The van der Waals surface area contributed by atoms with Crippen LogP contribution in [0.15, 0.2) is 18.2 Å². The standard InChI is InChI=1S/C16H23NO3/c1-11-10-12(8-9-15(11)20-3)16(19)17(2)13-6-4-5-7-14(13)18/h8-10,13-14,18H,4-7H2,1-3H3/t13-,14+/m0/s1. The minimum atomic E-state index is -0.406. The molecule has 1 aliphatic carbocycles. The zero-order chi connectivity index (χ0) is 14.7. The lowest BCUT2D eigenvalue weighted by molar-refractivity contribution is 0.0268. The molecule has 1 saturated carbocycles. The number of benzene rings is 1. The first kappa shape index (κ1) is 14.9. The van der Waals surface area contributed by atoms with Crippen LogP contribution in [0.25, 0.3) is 0 Å². The number of amides is 1. The van der Waals surface area contributed by atoms with Crippen molar-refractivity contribution in [2.24, 2.45) is 0 Å². The van der Waals surface area contributed by atoms with Crippen LogP contribution in [-0.2, 0) is 0 Å². The third-order valence-electron chi connectivity index (χ3n) is 4.15. The maximum absolute atomic E-state index is 12.5. The number of hydrogen-bond acceptors (Lipinski definition) is 3. The highest BCUT2D eigenvalue weighted by atomic mass is 16.5. The predicted octanol–water partition coefficient (Wildman–Crippen LogP) is 2.38.